The number of benzene rings is 1. The highest BCUT2D eigenvalue weighted by Crippen LogP contribution is 2.24. The molecule has 8 nitrogen and oxygen atoms in total. The van der Waals surface area contributed by atoms with Crippen LogP contribution in [0.3, 0.4) is 0 Å². The number of hydrogen-bond acceptors (Lipinski definition) is 4. The molecule has 1 aromatic rings. The van der Waals surface area contributed by atoms with Crippen molar-refractivity contribution in [1.82, 2.24) is 10.2 Å². The Balaban J connectivity index is 1.61. The third-order valence-electron chi connectivity index (χ3n) is 4.61. The molecule has 2 aliphatic heterocycles. The Labute approximate surface area is 154 Å². The molecule has 2 aliphatic rings. The summed E-state index contributed by atoms with van der Waals surface area (Å²) >= 11 is 5.81. The topological polar surface area (TPSA) is 107 Å². The minimum absolute atomic E-state index is 0.00504. The SMILES string of the molecule is O=C(O)[C@H]1CCCN1C(=O)CCC1NC(=O)N(c2ccc(Cl)cc2)C1=O. The summed E-state index contributed by atoms with van der Waals surface area (Å²) < 4.78 is 0. The molecule has 2 saturated heterocycles. The number of hydrogen-bond donors (Lipinski definition) is 2. The normalized spacial score (nSPS) is 22.7. The number of carbonyl (C=O) groups excluding carboxylic acids is 3. The highest BCUT2D eigenvalue weighted by atomic mass is 35.5. The summed E-state index contributed by atoms with van der Waals surface area (Å²) in [6.07, 6.45) is 1.20. The maximum atomic E-state index is 12.5. The van der Waals surface area contributed by atoms with Gasteiger partial charge in [0.05, 0.1) is 5.69 Å². The number of carboxylic acids is 1. The molecule has 26 heavy (non-hydrogen) atoms. The average Bonchev–Trinajstić information content (AvgIpc) is 3.19. The quantitative estimate of drug-likeness (QED) is 0.756. The first-order chi connectivity index (χ1) is 12.4. The van der Waals surface area contributed by atoms with Crippen molar-refractivity contribution in [1.29, 1.82) is 0 Å². The van der Waals surface area contributed by atoms with Gasteiger partial charge in [-0.2, -0.15) is 0 Å². The van der Waals surface area contributed by atoms with Gasteiger partial charge in [0, 0.05) is 18.0 Å². The van der Waals surface area contributed by atoms with E-state index in [0.29, 0.717) is 30.1 Å². The molecule has 9 heteroatoms. The van der Waals surface area contributed by atoms with Gasteiger partial charge in [-0.1, -0.05) is 11.6 Å². The number of amides is 4. The third kappa shape index (κ3) is 3.50. The lowest BCUT2D eigenvalue weighted by Crippen LogP contribution is -2.41. The fraction of sp³-hybridized carbons (Fsp3) is 0.412. The van der Waals surface area contributed by atoms with Crippen LogP contribution in [0.4, 0.5) is 10.5 Å². The fourth-order valence-electron chi connectivity index (χ4n) is 3.29. The smallest absolute Gasteiger partial charge is 0.329 e. The van der Waals surface area contributed by atoms with E-state index in [1.165, 1.54) is 4.90 Å². The van der Waals surface area contributed by atoms with Crippen molar-refractivity contribution in [2.45, 2.75) is 37.8 Å². The van der Waals surface area contributed by atoms with Gasteiger partial charge < -0.3 is 15.3 Å². The minimum Gasteiger partial charge on any atom is -0.480 e. The Morgan fingerprint density at radius 1 is 1.23 bits per heavy atom. The Morgan fingerprint density at radius 2 is 1.92 bits per heavy atom. The number of likely N-dealkylation sites (tertiary alicyclic amines) is 1. The Hall–Kier alpha value is -2.61. The molecule has 2 N–H and O–H groups in total. The predicted molar refractivity (Wildman–Crippen MR) is 92.9 cm³/mol. The number of imide groups is 1. The van der Waals surface area contributed by atoms with E-state index < -0.39 is 30.0 Å². The molecule has 2 heterocycles. The molecular formula is C17H18ClN3O5. The zero-order valence-corrected chi connectivity index (χ0v) is 14.6. The van der Waals surface area contributed by atoms with Crippen LogP contribution in [0.2, 0.25) is 5.02 Å². The summed E-state index contributed by atoms with van der Waals surface area (Å²) in [6, 6.07) is 4.11. The molecule has 0 bridgehead atoms. The molecule has 1 aromatic carbocycles. The molecule has 2 fully saturated rings. The van der Waals surface area contributed by atoms with E-state index in [9.17, 15) is 19.2 Å². The predicted octanol–water partition coefficient (Wildman–Crippen LogP) is 1.62. The van der Waals surface area contributed by atoms with E-state index >= 15 is 0 Å². The van der Waals surface area contributed by atoms with Crippen LogP contribution in [0.5, 0.6) is 0 Å². The zero-order chi connectivity index (χ0) is 18.8. The van der Waals surface area contributed by atoms with Gasteiger partial charge in [0.1, 0.15) is 12.1 Å². The van der Waals surface area contributed by atoms with E-state index in [-0.39, 0.29) is 18.7 Å². The van der Waals surface area contributed by atoms with Crippen molar-refractivity contribution in [3.8, 4) is 0 Å². The largest absolute Gasteiger partial charge is 0.480 e. The van der Waals surface area contributed by atoms with Crippen molar-refractivity contribution >= 4 is 41.1 Å². The first kappa shape index (κ1) is 18.2. The average molecular weight is 380 g/mol. The summed E-state index contributed by atoms with van der Waals surface area (Å²) in [7, 11) is 0. The first-order valence-electron chi connectivity index (χ1n) is 8.31. The number of aliphatic carboxylic acids is 1. The van der Waals surface area contributed by atoms with Crippen molar-refractivity contribution in [2.24, 2.45) is 0 Å². The monoisotopic (exact) mass is 379 g/mol. The molecule has 1 unspecified atom stereocenters. The van der Waals surface area contributed by atoms with Crippen molar-refractivity contribution < 1.29 is 24.3 Å². The lowest BCUT2D eigenvalue weighted by Gasteiger charge is -2.21. The third-order valence-corrected chi connectivity index (χ3v) is 4.86. The molecule has 0 aliphatic carbocycles. The van der Waals surface area contributed by atoms with E-state index in [0.717, 1.165) is 4.90 Å². The van der Waals surface area contributed by atoms with Gasteiger partial charge in [0.2, 0.25) is 5.91 Å². The van der Waals surface area contributed by atoms with Crippen LogP contribution >= 0.6 is 11.6 Å². The molecule has 0 spiro atoms. The molecule has 3 rings (SSSR count). The lowest BCUT2D eigenvalue weighted by molar-refractivity contribution is -0.148. The van der Waals surface area contributed by atoms with Gasteiger partial charge in [-0.3, -0.25) is 9.59 Å². The van der Waals surface area contributed by atoms with Gasteiger partial charge in [-0.05, 0) is 43.5 Å². The molecule has 0 saturated carbocycles. The zero-order valence-electron chi connectivity index (χ0n) is 13.9. The summed E-state index contributed by atoms with van der Waals surface area (Å²) in [5.74, 6) is -1.78. The fourth-order valence-corrected chi connectivity index (χ4v) is 3.42. The van der Waals surface area contributed by atoms with Gasteiger partial charge in [-0.25, -0.2) is 14.5 Å². The number of nitrogens with zero attached hydrogens (tertiary/aromatic N) is 2. The van der Waals surface area contributed by atoms with Crippen LogP contribution in [0.15, 0.2) is 24.3 Å². The number of carbonyl (C=O) groups is 4. The van der Waals surface area contributed by atoms with Crippen LogP contribution < -0.4 is 10.2 Å². The molecule has 138 valence electrons. The number of rotatable bonds is 5. The van der Waals surface area contributed by atoms with Crippen molar-refractivity contribution in [2.75, 3.05) is 11.4 Å². The lowest BCUT2D eigenvalue weighted by atomic mass is 10.1. The number of carboxylic acid groups (broad SMARTS) is 1. The van der Waals surface area contributed by atoms with Crippen LogP contribution in [0.25, 0.3) is 0 Å². The van der Waals surface area contributed by atoms with Crippen LogP contribution in [0.1, 0.15) is 25.7 Å². The Kier molecular flexibility index (Phi) is 5.13. The van der Waals surface area contributed by atoms with E-state index in [1.807, 2.05) is 0 Å². The number of urea groups is 1. The summed E-state index contributed by atoms with van der Waals surface area (Å²) in [4.78, 5) is 50.4. The standard InChI is InChI=1S/C17H18ClN3O5/c18-10-3-5-11(6-4-10)21-15(23)12(19-17(21)26)7-8-14(22)20-9-1-2-13(20)16(24)25/h3-6,12-13H,1-2,7-9H2,(H,19,26)(H,24,25)/t12?,13-/m1/s1. The molecule has 0 aromatic heterocycles. The second-order valence-corrected chi connectivity index (χ2v) is 6.71. The first-order valence-corrected chi connectivity index (χ1v) is 8.68. The highest BCUT2D eigenvalue weighted by Gasteiger charge is 2.40. The summed E-state index contributed by atoms with van der Waals surface area (Å²) in [5, 5.41) is 12.2. The van der Waals surface area contributed by atoms with Gasteiger partial charge >= 0.3 is 12.0 Å². The molecule has 0 radical (unpaired) electrons. The maximum Gasteiger partial charge on any atom is 0.329 e. The van der Waals surface area contributed by atoms with E-state index in [1.54, 1.807) is 24.3 Å². The minimum atomic E-state index is -1.02. The molecule has 2 atom stereocenters. The summed E-state index contributed by atoms with van der Waals surface area (Å²) in [6.45, 7) is 0.400. The van der Waals surface area contributed by atoms with E-state index in [4.69, 9.17) is 16.7 Å². The maximum absolute atomic E-state index is 12.5. The van der Waals surface area contributed by atoms with Crippen LogP contribution in [-0.4, -0.2) is 52.4 Å². The second kappa shape index (κ2) is 7.33. The van der Waals surface area contributed by atoms with E-state index in [2.05, 4.69) is 5.32 Å². The van der Waals surface area contributed by atoms with Gasteiger partial charge in [0.15, 0.2) is 0 Å². The molecule has 4 amide bonds. The van der Waals surface area contributed by atoms with Crippen molar-refractivity contribution in [3.05, 3.63) is 29.3 Å². The van der Waals surface area contributed by atoms with Crippen LogP contribution in [0, 0.1) is 0 Å². The van der Waals surface area contributed by atoms with Gasteiger partial charge in [0.25, 0.3) is 5.91 Å². The second-order valence-electron chi connectivity index (χ2n) is 6.27. The van der Waals surface area contributed by atoms with Crippen LogP contribution in [-0.2, 0) is 14.4 Å². The van der Waals surface area contributed by atoms with Crippen molar-refractivity contribution in [3.63, 3.8) is 0 Å². The number of anilines is 1. The Morgan fingerprint density at radius 3 is 2.58 bits per heavy atom. The number of nitrogens with one attached hydrogen (secondary N) is 1. The van der Waals surface area contributed by atoms with Gasteiger partial charge in [-0.15, -0.1) is 0 Å². The highest BCUT2D eigenvalue weighted by molar-refractivity contribution is 6.30. The summed E-state index contributed by atoms with van der Waals surface area (Å²) in [5.41, 5.74) is 0.399. The molecular weight excluding hydrogens is 362 g/mol. The Bertz CT molecular complexity index is 751. The number of halogens is 1.